The molecule has 0 saturated carbocycles. The predicted molar refractivity (Wildman–Crippen MR) is 97.5 cm³/mol. The standard InChI is InChI=1S/C18H19N3O4/c1-24-17-7-3-14(4-8-17)19-12-11-16(13-21(22)23)20-15-5-9-18(25-2)10-6-15/h3-13,19-20H,1-2H3/b12-11+,16-13+. The lowest BCUT2D eigenvalue weighted by molar-refractivity contribution is -0.403. The van der Waals surface area contributed by atoms with Crippen molar-refractivity contribution >= 4 is 11.4 Å². The summed E-state index contributed by atoms with van der Waals surface area (Å²) in [5.74, 6) is 1.46. The first-order valence-electron chi connectivity index (χ1n) is 7.44. The molecule has 2 aromatic rings. The van der Waals surface area contributed by atoms with Gasteiger partial charge in [0.15, 0.2) is 0 Å². The van der Waals surface area contributed by atoms with E-state index >= 15 is 0 Å². The Balaban J connectivity index is 2.04. The van der Waals surface area contributed by atoms with Crippen LogP contribution in [0.4, 0.5) is 11.4 Å². The average Bonchev–Trinajstić information content (AvgIpc) is 2.62. The Labute approximate surface area is 145 Å². The van der Waals surface area contributed by atoms with Gasteiger partial charge in [-0.3, -0.25) is 10.1 Å². The van der Waals surface area contributed by atoms with Gasteiger partial charge < -0.3 is 20.1 Å². The van der Waals surface area contributed by atoms with Crippen molar-refractivity contribution in [2.75, 3.05) is 24.9 Å². The smallest absolute Gasteiger partial charge is 0.257 e. The number of ether oxygens (including phenoxy) is 2. The number of anilines is 2. The number of rotatable bonds is 8. The largest absolute Gasteiger partial charge is 0.497 e. The van der Waals surface area contributed by atoms with E-state index < -0.39 is 4.92 Å². The van der Waals surface area contributed by atoms with Gasteiger partial charge in [0.2, 0.25) is 0 Å². The third kappa shape index (κ3) is 5.91. The van der Waals surface area contributed by atoms with E-state index in [4.69, 9.17) is 9.47 Å². The lowest BCUT2D eigenvalue weighted by Crippen LogP contribution is -2.01. The van der Waals surface area contributed by atoms with Crippen LogP contribution in [-0.4, -0.2) is 19.1 Å². The summed E-state index contributed by atoms with van der Waals surface area (Å²) in [7, 11) is 3.18. The number of allylic oxidation sites excluding steroid dienone is 1. The third-order valence-corrected chi connectivity index (χ3v) is 3.23. The molecule has 25 heavy (non-hydrogen) atoms. The van der Waals surface area contributed by atoms with E-state index in [1.54, 1.807) is 50.8 Å². The fraction of sp³-hybridized carbons (Fsp3) is 0.111. The van der Waals surface area contributed by atoms with Gasteiger partial charge in [-0.15, -0.1) is 0 Å². The Kier molecular flexibility index (Phi) is 6.41. The molecule has 0 atom stereocenters. The van der Waals surface area contributed by atoms with Crippen molar-refractivity contribution in [2.45, 2.75) is 0 Å². The molecule has 2 N–H and O–H groups in total. The number of nitro groups is 1. The number of nitrogens with zero attached hydrogens (tertiary/aromatic N) is 1. The highest BCUT2D eigenvalue weighted by atomic mass is 16.6. The fourth-order valence-electron chi connectivity index (χ4n) is 1.99. The number of methoxy groups -OCH3 is 2. The maximum atomic E-state index is 10.8. The minimum absolute atomic E-state index is 0.330. The van der Waals surface area contributed by atoms with Gasteiger partial charge in [0, 0.05) is 17.6 Å². The number of hydrogen-bond acceptors (Lipinski definition) is 6. The van der Waals surface area contributed by atoms with Gasteiger partial charge >= 0.3 is 0 Å². The topological polar surface area (TPSA) is 85.7 Å². The Hall–Kier alpha value is -3.48. The molecule has 2 aromatic carbocycles. The van der Waals surface area contributed by atoms with Gasteiger partial charge in [0.05, 0.1) is 19.1 Å². The summed E-state index contributed by atoms with van der Waals surface area (Å²) in [6, 6.07) is 14.4. The molecule has 0 aliphatic carbocycles. The van der Waals surface area contributed by atoms with Crippen LogP contribution in [0.15, 0.2) is 72.7 Å². The van der Waals surface area contributed by atoms with Crippen molar-refractivity contribution in [1.82, 2.24) is 0 Å². The Morgan fingerprint density at radius 3 is 1.96 bits per heavy atom. The Bertz CT molecular complexity index is 753. The minimum Gasteiger partial charge on any atom is -0.497 e. The lowest BCUT2D eigenvalue weighted by Gasteiger charge is -2.07. The summed E-state index contributed by atoms with van der Waals surface area (Å²) in [6.07, 6.45) is 4.10. The molecule has 0 heterocycles. The van der Waals surface area contributed by atoms with Crippen LogP contribution in [0.25, 0.3) is 0 Å². The van der Waals surface area contributed by atoms with Crippen LogP contribution in [0.5, 0.6) is 11.5 Å². The first kappa shape index (κ1) is 17.9. The molecule has 2 rings (SSSR count). The van der Waals surface area contributed by atoms with Crippen LogP contribution in [0, 0.1) is 10.1 Å². The zero-order chi connectivity index (χ0) is 18.1. The van der Waals surface area contributed by atoms with Crippen molar-refractivity contribution in [1.29, 1.82) is 0 Å². The van der Waals surface area contributed by atoms with E-state index in [1.807, 2.05) is 24.3 Å². The van der Waals surface area contributed by atoms with Crippen molar-refractivity contribution in [2.24, 2.45) is 0 Å². The van der Waals surface area contributed by atoms with E-state index in [0.29, 0.717) is 17.1 Å². The molecule has 0 spiro atoms. The fourth-order valence-corrected chi connectivity index (χ4v) is 1.99. The van der Waals surface area contributed by atoms with Crippen LogP contribution in [-0.2, 0) is 0 Å². The number of benzene rings is 2. The summed E-state index contributed by atoms with van der Waals surface area (Å²) in [5, 5.41) is 16.8. The van der Waals surface area contributed by atoms with Gasteiger partial charge in [-0.25, -0.2) is 0 Å². The highest BCUT2D eigenvalue weighted by Crippen LogP contribution is 2.18. The molecule has 0 saturated heterocycles. The van der Waals surface area contributed by atoms with Crippen molar-refractivity contribution < 1.29 is 14.4 Å². The summed E-state index contributed by atoms with van der Waals surface area (Å²) in [6.45, 7) is 0. The maximum Gasteiger partial charge on any atom is 0.257 e. The first-order valence-corrected chi connectivity index (χ1v) is 7.44. The van der Waals surface area contributed by atoms with Gasteiger partial charge in [-0.1, -0.05) is 0 Å². The number of nitrogens with one attached hydrogen (secondary N) is 2. The molecule has 0 aromatic heterocycles. The van der Waals surface area contributed by atoms with E-state index in [-0.39, 0.29) is 0 Å². The molecule has 0 aliphatic rings. The zero-order valence-electron chi connectivity index (χ0n) is 13.9. The molecule has 0 bridgehead atoms. The van der Waals surface area contributed by atoms with E-state index in [9.17, 15) is 10.1 Å². The van der Waals surface area contributed by atoms with Gasteiger partial charge in [-0.2, -0.15) is 0 Å². The molecular formula is C18H19N3O4. The minimum atomic E-state index is -0.510. The van der Waals surface area contributed by atoms with Crippen LogP contribution in [0.1, 0.15) is 0 Å². The van der Waals surface area contributed by atoms with Crippen LogP contribution < -0.4 is 20.1 Å². The zero-order valence-corrected chi connectivity index (χ0v) is 13.9. The van der Waals surface area contributed by atoms with Crippen molar-refractivity contribution in [3.05, 3.63) is 82.8 Å². The van der Waals surface area contributed by atoms with Gasteiger partial charge in [-0.05, 0) is 54.6 Å². The van der Waals surface area contributed by atoms with Crippen molar-refractivity contribution in [3.63, 3.8) is 0 Å². The number of hydrogen-bond donors (Lipinski definition) is 2. The normalized spacial score (nSPS) is 11.2. The molecule has 0 fully saturated rings. The van der Waals surface area contributed by atoms with Crippen molar-refractivity contribution in [3.8, 4) is 11.5 Å². The van der Waals surface area contributed by atoms with Crippen LogP contribution >= 0.6 is 0 Å². The molecule has 0 amide bonds. The molecule has 0 radical (unpaired) electrons. The second kappa shape index (κ2) is 8.97. The Morgan fingerprint density at radius 2 is 1.48 bits per heavy atom. The quantitative estimate of drug-likeness (QED) is 0.431. The summed E-state index contributed by atoms with van der Waals surface area (Å²) in [4.78, 5) is 10.3. The molecular weight excluding hydrogens is 322 g/mol. The highest BCUT2D eigenvalue weighted by Gasteiger charge is 2.01. The SMILES string of the molecule is COc1ccc(N/C=C/C(=C\[N+](=O)[O-])Nc2ccc(OC)cc2)cc1. The molecule has 130 valence electrons. The first-order chi connectivity index (χ1) is 12.1. The Morgan fingerprint density at radius 1 is 0.960 bits per heavy atom. The van der Waals surface area contributed by atoms with Gasteiger partial charge in [0.25, 0.3) is 6.20 Å². The second-order valence-corrected chi connectivity index (χ2v) is 4.93. The van der Waals surface area contributed by atoms with Crippen LogP contribution in [0.3, 0.4) is 0 Å². The summed E-state index contributed by atoms with van der Waals surface area (Å²) in [5.41, 5.74) is 1.88. The maximum absolute atomic E-state index is 10.8. The lowest BCUT2D eigenvalue weighted by atomic mass is 10.3. The average molecular weight is 341 g/mol. The van der Waals surface area contributed by atoms with Crippen LogP contribution in [0.2, 0.25) is 0 Å². The molecule has 0 aliphatic heterocycles. The third-order valence-electron chi connectivity index (χ3n) is 3.23. The second-order valence-electron chi connectivity index (χ2n) is 4.93. The summed E-state index contributed by atoms with van der Waals surface area (Å²) < 4.78 is 10.2. The highest BCUT2D eigenvalue weighted by molar-refractivity contribution is 5.53. The molecule has 0 unspecified atom stereocenters. The van der Waals surface area contributed by atoms with E-state index in [1.165, 1.54) is 0 Å². The summed E-state index contributed by atoms with van der Waals surface area (Å²) >= 11 is 0. The van der Waals surface area contributed by atoms with E-state index in [0.717, 1.165) is 17.6 Å². The molecule has 7 heteroatoms. The predicted octanol–water partition coefficient (Wildman–Crippen LogP) is 3.86. The van der Waals surface area contributed by atoms with Gasteiger partial charge in [0.1, 0.15) is 17.2 Å². The van der Waals surface area contributed by atoms with E-state index in [2.05, 4.69) is 10.6 Å². The monoisotopic (exact) mass is 341 g/mol. The molecule has 7 nitrogen and oxygen atoms in total.